The minimum Gasteiger partial charge on any atom is -0.345 e. The fourth-order valence-corrected chi connectivity index (χ4v) is 4.34. The molecule has 3 unspecified atom stereocenters. The van der Waals surface area contributed by atoms with Crippen LogP contribution >= 0.6 is 0 Å². The van der Waals surface area contributed by atoms with Gasteiger partial charge in [0.2, 0.25) is 5.91 Å². The molecule has 1 saturated heterocycles. The molecule has 29 heavy (non-hydrogen) atoms. The highest BCUT2D eigenvalue weighted by atomic mass is 19.1. The van der Waals surface area contributed by atoms with Gasteiger partial charge in [0.05, 0.1) is 11.5 Å². The van der Waals surface area contributed by atoms with Crippen molar-refractivity contribution >= 4 is 17.5 Å². The summed E-state index contributed by atoms with van der Waals surface area (Å²) in [6.07, 6.45) is 1.71. The van der Waals surface area contributed by atoms with Crippen LogP contribution < -0.4 is 10.2 Å². The third-order valence-electron chi connectivity index (χ3n) is 5.92. The first-order chi connectivity index (χ1) is 13.9. The first kappa shape index (κ1) is 19.4. The van der Waals surface area contributed by atoms with E-state index in [2.05, 4.69) is 15.3 Å². The van der Waals surface area contributed by atoms with E-state index in [-0.39, 0.29) is 30.3 Å². The Bertz CT molecular complexity index is 937. The monoisotopic (exact) mass is 400 g/mol. The number of nitrogens with zero attached hydrogens (tertiary/aromatic N) is 3. The zero-order chi connectivity index (χ0) is 20.6. The number of carbonyl (C=O) groups excluding carboxylic acids is 2. The molecule has 1 aromatic heterocycles. The van der Waals surface area contributed by atoms with Crippen molar-refractivity contribution in [3.05, 3.63) is 53.9 Å². The summed E-state index contributed by atoms with van der Waals surface area (Å²) in [5.74, 6) is -0.472. The third kappa shape index (κ3) is 3.71. The molecule has 3 atom stereocenters. The summed E-state index contributed by atoms with van der Waals surface area (Å²) < 4.78 is 27.8. The Morgan fingerprint density at radius 2 is 2.00 bits per heavy atom. The van der Waals surface area contributed by atoms with Crippen molar-refractivity contribution in [2.45, 2.75) is 44.8 Å². The summed E-state index contributed by atoms with van der Waals surface area (Å²) in [5, 5.41) is 2.72. The van der Waals surface area contributed by atoms with Crippen molar-refractivity contribution in [3.8, 4) is 0 Å². The second-order valence-electron chi connectivity index (χ2n) is 7.79. The van der Waals surface area contributed by atoms with E-state index in [1.807, 2.05) is 0 Å². The van der Waals surface area contributed by atoms with Crippen LogP contribution in [0, 0.1) is 18.2 Å². The quantitative estimate of drug-likeness (QED) is 0.860. The number of alkyl halides is 1. The molecule has 1 aliphatic carbocycles. The van der Waals surface area contributed by atoms with Gasteiger partial charge in [0.25, 0.3) is 5.91 Å². The highest BCUT2D eigenvalue weighted by molar-refractivity contribution is 6.00. The van der Waals surface area contributed by atoms with E-state index >= 15 is 0 Å². The topological polar surface area (TPSA) is 75.2 Å². The number of benzene rings is 1. The molecular weight excluding hydrogens is 378 g/mol. The second kappa shape index (κ2) is 7.50. The molecule has 0 radical (unpaired) electrons. The maximum Gasteiger partial charge on any atom is 0.270 e. The molecule has 0 bridgehead atoms. The molecule has 6 nitrogen and oxygen atoms in total. The number of amides is 2. The average molecular weight is 400 g/mol. The number of hydrogen-bond acceptors (Lipinski definition) is 4. The van der Waals surface area contributed by atoms with Crippen molar-refractivity contribution in [2.75, 3.05) is 11.4 Å². The lowest BCUT2D eigenvalue weighted by atomic mass is 9.70. The van der Waals surface area contributed by atoms with E-state index in [0.717, 1.165) is 0 Å². The number of nitrogens with one attached hydrogen (secondary N) is 1. The van der Waals surface area contributed by atoms with E-state index in [9.17, 15) is 18.4 Å². The number of carbonyl (C=O) groups is 2. The van der Waals surface area contributed by atoms with E-state index in [0.29, 0.717) is 30.9 Å². The number of hydrogen-bond donors (Lipinski definition) is 1. The number of aryl methyl sites for hydroxylation is 1. The second-order valence-corrected chi connectivity index (χ2v) is 7.79. The minimum absolute atomic E-state index is 0.0897. The number of aromatic nitrogens is 2. The molecule has 2 aliphatic rings. The van der Waals surface area contributed by atoms with Crippen LogP contribution in [0.2, 0.25) is 0 Å². The molecule has 1 N–H and O–H groups in total. The van der Waals surface area contributed by atoms with E-state index in [1.54, 1.807) is 24.0 Å². The Balaban J connectivity index is 1.50. The van der Waals surface area contributed by atoms with Crippen LogP contribution in [-0.2, 0) is 4.79 Å². The van der Waals surface area contributed by atoms with Crippen LogP contribution in [0.5, 0.6) is 0 Å². The van der Waals surface area contributed by atoms with Crippen LogP contribution in [0.15, 0.2) is 36.5 Å². The van der Waals surface area contributed by atoms with Crippen molar-refractivity contribution < 1.29 is 18.4 Å². The van der Waals surface area contributed by atoms with Gasteiger partial charge in [-0.15, -0.1) is 0 Å². The molecule has 152 valence electrons. The molecule has 1 aliphatic heterocycles. The molecule has 1 saturated carbocycles. The molecule has 2 amide bonds. The third-order valence-corrected chi connectivity index (χ3v) is 5.92. The summed E-state index contributed by atoms with van der Waals surface area (Å²) in [7, 11) is 0. The maximum atomic E-state index is 14.6. The fraction of sp³-hybridized carbons (Fsp3) is 0.429. The van der Waals surface area contributed by atoms with E-state index < -0.39 is 23.5 Å². The highest BCUT2D eigenvalue weighted by Gasteiger charge is 2.52. The summed E-state index contributed by atoms with van der Waals surface area (Å²) >= 11 is 0. The van der Waals surface area contributed by atoms with Gasteiger partial charge in [-0.05, 0) is 62.9 Å². The van der Waals surface area contributed by atoms with Gasteiger partial charge in [0.1, 0.15) is 23.5 Å². The minimum atomic E-state index is -1.22. The van der Waals surface area contributed by atoms with Crippen molar-refractivity contribution in [3.63, 3.8) is 0 Å². The molecule has 2 fully saturated rings. The first-order valence-corrected chi connectivity index (χ1v) is 9.70. The van der Waals surface area contributed by atoms with Crippen molar-refractivity contribution in [1.29, 1.82) is 0 Å². The first-order valence-electron chi connectivity index (χ1n) is 9.70. The standard InChI is InChI=1S/C21H22F2N4O2/c1-13-24-10-7-17(25-13)19(28)26-18-12-21(8-6-16(18)23)9-11-27(20(21)29)15-4-2-14(22)3-5-15/h2-5,7,10,16,18H,6,8-9,11-12H2,1H3,(H,26,28). The van der Waals surface area contributed by atoms with E-state index in [1.165, 1.54) is 24.4 Å². The smallest absolute Gasteiger partial charge is 0.270 e. The van der Waals surface area contributed by atoms with Gasteiger partial charge in [-0.2, -0.15) is 0 Å². The van der Waals surface area contributed by atoms with Crippen LogP contribution in [0.1, 0.15) is 42.0 Å². The zero-order valence-electron chi connectivity index (χ0n) is 16.1. The lowest BCUT2D eigenvalue weighted by molar-refractivity contribution is -0.128. The number of anilines is 1. The lowest BCUT2D eigenvalue weighted by Crippen LogP contribution is -2.51. The van der Waals surface area contributed by atoms with Crippen LogP contribution in [-0.4, -0.2) is 40.5 Å². The molecule has 1 spiro atoms. The Morgan fingerprint density at radius 1 is 1.24 bits per heavy atom. The summed E-state index contributed by atoms with van der Waals surface area (Å²) in [4.78, 5) is 35.4. The Hall–Kier alpha value is -2.90. The zero-order valence-corrected chi connectivity index (χ0v) is 16.1. The van der Waals surface area contributed by atoms with Gasteiger partial charge in [0.15, 0.2) is 0 Å². The summed E-state index contributed by atoms with van der Waals surface area (Å²) in [5.41, 5.74) is 0.0963. The van der Waals surface area contributed by atoms with Gasteiger partial charge in [-0.1, -0.05) is 0 Å². The normalized spacial score (nSPS) is 26.7. The SMILES string of the molecule is Cc1nccc(C(=O)NC2CC3(CCC2F)CCN(c2ccc(F)cc2)C3=O)n1. The Labute approximate surface area is 167 Å². The highest BCUT2D eigenvalue weighted by Crippen LogP contribution is 2.46. The largest absolute Gasteiger partial charge is 0.345 e. The predicted octanol–water partition coefficient (Wildman–Crippen LogP) is 2.97. The van der Waals surface area contributed by atoms with Crippen molar-refractivity contribution in [2.24, 2.45) is 5.41 Å². The average Bonchev–Trinajstić information content (AvgIpc) is 3.01. The molecular formula is C21H22F2N4O2. The van der Waals surface area contributed by atoms with Gasteiger partial charge in [0, 0.05) is 18.4 Å². The molecule has 2 aromatic rings. The number of rotatable bonds is 3. The lowest BCUT2D eigenvalue weighted by Gasteiger charge is -2.38. The van der Waals surface area contributed by atoms with Crippen molar-refractivity contribution in [1.82, 2.24) is 15.3 Å². The number of halogens is 2. The summed E-state index contributed by atoms with van der Waals surface area (Å²) in [6.45, 7) is 2.17. The molecule has 1 aromatic carbocycles. The van der Waals surface area contributed by atoms with Gasteiger partial charge in [-0.25, -0.2) is 18.7 Å². The predicted molar refractivity (Wildman–Crippen MR) is 103 cm³/mol. The van der Waals surface area contributed by atoms with Gasteiger partial charge < -0.3 is 10.2 Å². The summed E-state index contributed by atoms with van der Waals surface area (Å²) in [6, 6.07) is 6.50. The molecule has 8 heteroatoms. The molecule has 2 heterocycles. The Kier molecular flexibility index (Phi) is 5.02. The fourth-order valence-electron chi connectivity index (χ4n) is 4.34. The Morgan fingerprint density at radius 3 is 2.72 bits per heavy atom. The van der Waals surface area contributed by atoms with Crippen LogP contribution in [0.4, 0.5) is 14.5 Å². The van der Waals surface area contributed by atoms with Gasteiger partial charge in [-0.3, -0.25) is 9.59 Å². The maximum absolute atomic E-state index is 14.6. The van der Waals surface area contributed by atoms with E-state index in [4.69, 9.17) is 0 Å². The molecule has 4 rings (SSSR count). The van der Waals surface area contributed by atoms with Gasteiger partial charge >= 0.3 is 0 Å². The van der Waals surface area contributed by atoms with Crippen LogP contribution in [0.25, 0.3) is 0 Å². The van der Waals surface area contributed by atoms with Crippen LogP contribution in [0.3, 0.4) is 0 Å².